The van der Waals surface area contributed by atoms with Crippen LogP contribution in [-0.4, -0.2) is 41.9 Å². The van der Waals surface area contributed by atoms with Crippen molar-refractivity contribution in [2.75, 3.05) is 18.5 Å². The Balaban J connectivity index is 1.49. The fourth-order valence-corrected chi connectivity index (χ4v) is 3.17. The van der Waals surface area contributed by atoms with E-state index < -0.39 is 48.0 Å². The molecule has 1 aliphatic heterocycles. The zero-order chi connectivity index (χ0) is 24.2. The topological polar surface area (TPSA) is 105 Å². The largest absolute Gasteiger partial charge is 0.455 e. The number of hydrogen-bond donors (Lipinski definition) is 2. The number of carbonyl (C=O) groups excluding carboxylic acids is 4. The first kappa shape index (κ1) is 23.8. The summed E-state index contributed by atoms with van der Waals surface area (Å²) in [6, 6.07) is 10.7. The molecule has 8 nitrogen and oxygen atoms in total. The Kier molecular flexibility index (Phi) is 7.00. The summed E-state index contributed by atoms with van der Waals surface area (Å²) in [4.78, 5) is 48.6. The molecule has 2 aromatic carbocycles. The number of nitrogens with one attached hydrogen (secondary N) is 2. The van der Waals surface area contributed by atoms with Crippen LogP contribution in [0, 0.1) is 12.8 Å². The molecule has 0 aliphatic carbocycles. The molecule has 1 saturated heterocycles. The number of nitrogens with zero attached hydrogens (tertiary/aromatic N) is 1. The van der Waals surface area contributed by atoms with Gasteiger partial charge < -0.3 is 10.1 Å². The highest BCUT2D eigenvalue weighted by Gasteiger charge is 2.37. The Morgan fingerprint density at radius 2 is 1.85 bits per heavy atom. The monoisotopic (exact) mass is 463 g/mol. The molecule has 11 heteroatoms. The van der Waals surface area contributed by atoms with Crippen LogP contribution in [-0.2, 0) is 25.3 Å². The summed E-state index contributed by atoms with van der Waals surface area (Å²) in [6.45, 7) is 0.937. The van der Waals surface area contributed by atoms with Gasteiger partial charge in [0.25, 0.3) is 11.8 Å². The lowest BCUT2D eigenvalue weighted by Gasteiger charge is -2.17. The van der Waals surface area contributed by atoms with E-state index in [0.29, 0.717) is 5.56 Å². The van der Waals surface area contributed by atoms with E-state index in [-0.39, 0.29) is 18.7 Å². The Labute approximate surface area is 186 Å². The maximum absolute atomic E-state index is 12.7. The fraction of sp³-hybridized carbons (Fsp3) is 0.273. The zero-order valence-corrected chi connectivity index (χ0v) is 17.4. The molecule has 3 amide bonds. The Bertz CT molecular complexity index is 1090. The van der Waals surface area contributed by atoms with Crippen LogP contribution in [0.15, 0.2) is 48.5 Å². The summed E-state index contributed by atoms with van der Waals surface area (Å²) < 4.78 is 43.1. The van der Waals surface area contributed by atoms with Crippen molar-refractivity contribution >= 4 is 29.4 Å². The second-order valence-electron chi connectivity index (χ2n) is 7.45. The molecule has 1 fully saturated rings. The minimum atomic E-state index is -4.57. The summed E-state index contributed by atoms with van der Waals surface area (Å²) in [7, 11) is 0. The quantitative estimate of drug-likeness (QED) is 0.641. The van der Waals surface area contributed by atoms with Gasteiger partial charge >= 0.3 is 12.1 Å². The molecule has 0 unspecified atom stereocenters. The van der Waals surface area contributed by atoms with Crippen LogP contribution < -0.4 is 10.7 Å². The number of aryl methyl sites for hydroxylation is 1. The van der Waals surface area contributed by atoms with Crippen LogP contribution in [0.25, 0.3) is 0 Å². The highest BCUT2D eigenvalue weighted by Crippen LogP contribution is 2.30. The van der Waals surface area contributed by atoms with Crippen LogP contribution >= 0.6 is 0 Å². The molecule has 2 N–H and O–H groups in total. The average molecular weight is 463 g/mol. The Morgan fingerprint density at radius 3 is 2.55 bits per heavy atom. The van der Waals surface area contributed by atoms with E-state index in [1.807, 2.05) is 13.0 Å². The molecule has 0 spiro atoms. The van der Waals surface area contributed by atoms with E-state index in [0.717, 1.165) is 28.8 Å². The number of anilines is 1. The summed E-state index contributed by atoms with van der Waals surface area (Å²) in [5, 5.41) is 3.23. The summed E-state index contributed by atoms with van der Waals surface area (Å²) in [5.74, 6) is -3.59. The molecule has 33 heavy (non-hydrogen) atoms. The van der Waals surface area contributed by atoms with Gasteiger partial charge in [-0.25, -0.2) is 0 Å². The highest BCUT2D eigenvalue weighted by molar-refractivity contribution is 5.97. The predicted octanol–water partition coefficient (Wildman–Crippen LogP) is 2.69. The summed E-state index contributed by atoms with van der Waals surface area (Å²) in [6.07, 6.45) is -4.79. The maximum Gasteiger partial charge on any atom is 0.416 e. The van der Waals surface area contributed by atoms with Crippen molar-refractivity contribution < 1.29 is 37.1 Å². The van der Waals surface area contributed by atoms with E-state index in [4.69, 9.17) is 4.74 Å². The third kappa shape index (κ3) is 6.31. The van der Waals surface area contributed by atoms with Gasteiger partial charge in [-0.05, 0) is 37.3 Å². The number of hydrazine groups is 1. The normalized spacial score (nSPS) is 15.8. The lowest BCUT2D eigenvalue weighted by atomic mass is 10.1. The molecule has 174 valence electrons. The molecule has 0 radical (unpaired) electrons. The third-order valence-corrected chi connectivity index (χ3v) is 4.79. The number of benzene rings is 2. The van der Waals surface area contributed by atoms with Crippen molar-refractivity contribution in [1.82, 2.24) is 10.4 Å². The number of hydrogen-bond acceptors (Lipinski definition) is 5. The standard InChI is InChI=1S/C22H20F3N3O5/c1-13-4-2-5-14(8-13)20(31)27-28-11-15(9-19(28)30)21(32)33-12-18(29)26-17-7-3-6-16(10-17)22(23,24)25/h2-8,10,15H,9,11-12H2,1H3,(H,26,29)(H,27,31)/t15-/m1/s1. The molecule has 2 aromatic rings. The van der Waals surface area contributed by atoms with E-state index >= 15 is 0 Å². The first-order chi connectivity index (χ1) is 15.5. The van der Waals surface area contributed by atoms with E-state index in [2.05, 4.69) is 10.7 Å². The number of carbonyl (C=O) groups is 4. The molecule has 0 bridgehead atoms. The van der Waals surface area contributed by atoms with Gasteiger partial charge in [-0.15, -0.1) is 0 Å². The van der Waals surface area contributed by atoms with Crippen molar-refractivity contribution in [1.29, 1.82) is 0 Å². The van der Waals surface area contributed by atoms with Crippen LogP contribution in [0.2, 0.25) is 0 Å². The van der Waals surface area contributed by atoms with E-state index in [1.54, 1.807) is 18.2 Å². The second-order valence-corrected chi connectivity index (χ2v) is 7.45. The van der Waals surface area contributed by atoms with Gasteiger partial charge in [0.2, 0.25) is 5.91 Å². The average Bonchev–Trinajstić information content (AvgIpc) is 3.12. The number of alkyl halides is 3. The second kappa shape index (κ2) is 9.72. The molecule has 3 rings (SSSR count). The van der Waals surface area contributed by atoms with Gasteiger partial charge in [-0.1, -0.05) is 23.8 Å². The van der Waals surface area contributed by atoms with Gasteiger partial charge in [0.15, 0.2) is 6.61 Å². The number of rotatable bonds is 6. The molecule has 1 atom stereocenters. The van der Waals surface area contributed by atoms with Crippen LogP contribution in [0.1, 0.15) is 27.9 Å². The molecule has 0 aromatic heterocycles. The van der Waals surface area contributed by atoms with Crippen molar-refractivity contribution in [3.8, 4) is 0 Å². The first-order valence-corrected chi connectivity index (χ1v) is 9.84. The number of halogens is 3. The first-order valence-electron chi connectivity index (χ1n) is 9.84. The Hall–Kier alpha value is -3.89. The number of ether oxygens (including phenoxy) is 1. The minimum absolute atomic E-state index is 0.105. The lowest BCUT2D eigenvalue weighted by molar-refractivity contribution is -0.151. The summed E-state index contributed by atoms with van der Waals surface area (Å²) >= 11 is 0. The minimum Gasteiger partial charge on any atom is -0.455 e. The van der Waals surface area contributed by atoms with E-state index in [9.17, 15) is 32.3 Å². The summed E-state index contributed by atoms with van der Waals surface area (Å²) in [5.41, 5.74) is 2.61. The maximum atomic E-state index is 12.7. The van der Waals surface area contributed by atoms with Crippen molar-refractivity contribution in [2.24, 2.45) is 5.92 Å². The zero-order valence-electron chi connectivity index (χ0n) is 17.4. The highest BCUT2D eigenvalue weighted by atomic mass is 19.4. The molecule has 1 heterocycles. The van der Waals surface area contributed by atoms with Crippen molar-refractivity contribution in [3.05, 3.63) is 65.2 Å². The van der Waals surface area contributed by atoms with Gasteiger partial charge in [0.1, 0.15) is 0 Å². The lowest BCUT2D eigenvalue weighted by Crippen LogP contribution is -2.43. The molecule has 0 saturated carbocycles. The van der Waals surface area contributed by atoms with Crippen LogP contribution in [0.4, 0.5) is 18.9 Å². The van der Waals surface area contributed by atoms with Gasteiger partial charge in [-0.3, -0.25) is 29.6 Å². The number of esters is 1. The Morgan fingerprint density at radius 1 is 1.12 bits per heavy atom. The predicted molar refractivity (Wildman–Crippen MR) is 109 cm³/mol. The van der Waals surface area contributed by atoms with Crippen LogP contribution in [0.3, 0.4) is 0 Å². The SMILES string of the molecule is Cc1cccc(C(=O)NN2C[C@H](C(=O)OCC(=O)Nc3cccc(C(F)(F)F)c3)CC2=O)c1. The van der Waals surface area contributed by atoms with Gasteiger partial charge in [0.05, 0.1) is 18.0 Å². The van der Waals surface area contributed by atoms with Gasteiger partial charge in [0, 0.05) is 17.7 Å². The number of amides is 3. The molecular weight excluding hydrogens is 443 g/mol. The van der Waals surface area contributed by atoms with E-state index in [1.165, 1.54) is 6.07 Å². The fourth-order valence-electron chi connectivity index (χ4n) is 3.17. The molecular formula is C22H20F3N3O5. The van der Waals surface area contributed by atoms with Crippen LogP contribution in [0.5, 0.6) is 0 Å². The smallest absolute Gasteiger partial charge is 0.416 e. The molecule has 1 aliphatic rings. The van der Waals surface area contributed by atoms with Crippen molar-refractivity contribution in [3.63, 3.8) is 0 Å². The third-order valence-electron chi connectivity index (χ3n) is 4.79. The van der Waals surface area contributed by atoms with Gasteiger partial charge in [-0.2, -0.15) is 13.2 Å². The van der Waals surface area contributed by atoms with Crippen molar-refractivity contribution in [2.45, 2.75) is 19.5 Å².